The lowest BCUT2D eigenvalue weighted by atomic mass is 10.0. The van der Waals surface area contributed by atoms with Crippen molar-refractivity contribution in [2.75, 3.05) is 0 Å². The highest BCUT2D eigenvalue weighted by Gasteiger charge is 2.11. The first kappa shape index (κ1) is 33.3. The van der Waals surface area contributed by atoms with Crippen LogP contribution in [0.25, 0.3) is 55.5 Å². The van der Waals surface area contributed by atoms with Crippen molar-refractivity contribution in [2.24, 2.45) is 14.1 Å². The topological polar surface area (TPSA) is 89.6 Å². The van der Waals surface area contributed by atoms with E-state index < -0.39 is 0 Å². The molecule has 0 aliphatic heterocycles. The largest absolute Gasteiger partial charge is 0.332 e. The highest BCUT2D eigenvalue weighted by molar-refractivity contribution is 14.1. The van der Waals surface area contributed by atoms with Crippen LogP contribution in [0.4, 0.5) is 0 Å². The van der Waals surface area contributed by atoms with E-state index in [1.165, 1.54) is 17.8 Å². The van der Waals surface area contributed by atoms with Gasteiger partial charge in [-0.05, 0) is 89.5 Å². The molecule has 224 valence electrons. The smallest absolute Gasteiger partial charge is 0.154 e. The molecule has 4 aromatic heterocycles. The third-order valence-electron chi connectivity index (χ3n) is 6.77. The van der Waals surface area contributed by atoms with Crippen LogP contribution in [0.2, 0.25) is 10.0 Å². The first-order valence-corrected chi connectivity index (χ1v) is 15.3. The highest BCUT2D eigenvalue weighted by Crippen LogP contribution is 2.30. The van der Waals surface area contributed by atoms with Crippen molar-refractivity contribution < 1.29 is 0 Å². The van der Waals surface area contributed by atoms with E-state index >= 15 is 0 Å². The van der Waals surface area contributed by atoms with E-state index in [2.05, 4.69) is 63.0 Å². The molecule has 0 fully saturated rings. The minimum Gasteiger partial charge on any atom is -0.332 e. The molecular weight excluding hydrogens is 718 g/mol. The molecule has 11 heteroatoms. The quantitative estimate of drug-likeness (QED) is 0.102. The summed E-state index contributed by atoms with van der Waals surface area (Å²) in [5, 5.41) is 11.0. The highest BCUT2D eigenvalue weighted by atomic mass is 127. The van der Waals surface area contributed by atoms with E-state index in [0.29, 0.717) is 5.02 Å². The predicted octanol–water partition coefficient (Wildman–Crippen LogP) is 9.38. The van der Waals surface area contributed by atoms with Gasteiger partial charge in [0.1, 0.15) is 0 Å². The standard InChI is InChI=1S/C17H13ClN4.C14H11ClIN3.C3H3N/c1-11-6-16(17-9-20-10-22(17)3)21-15-8-14(18)12(4-5-19-2)7-13(11)15;1-8-3-13(14-6-17-7-19(14)2)18-12-5-10(15)11(16)4-9(8)12;1-2-3-4/h4-10H,1,3H3;3-7H,1-2H3;2H,1H2/b5-4+;;. The van der Waals surface area contributed by atoms with Gasteiger partial charge < -0.3 is 9.13 Å². The Hall–Kier alpha value is -4.55. The SMILES string of the molecule is C=CC#N.Cc1cc(-c2cncn2C)nc2cc(Cl)c(I)cc12.[C-]#[N+]/C=C/c1cc2c(C)cc(-c3cncn3C)nc2cc1Cl. The van der Waals surface area contributed by atoms with Crippen LogP contribution < -0.4 is 0 Å². The van der Waals surface area contributed by atoms with Gasteiger partial charge in [0.15, 0.2) is 6.20 Å². The van der Waals surface area contributed by atoms with Crippen LogP contribution in [-0.2, 0) is 14.1 Å². The maximum Gasteiger partial charge on any atom is 0.154 e. The Morgan fingerprint density at radius 2 is 1.36 bits per heavy atom. The fourth-order valence-corrected chi connectivity index (χ4v) is 5.38. The van der Waals surface area contributed by atoms with Crippen molar-refractivity contribution >= 4 is 73.7 Å². The number of hydrogen-bond acceptors (Lipinski definition) is 5. The molecule has 0 unspecified atom stereocenters. The molecule has 0 aliphatic rings. The lowest BCUT2D eigenvalue weighted by Crippen LogP contribution is -1.94. The van der Waals surface area contributed by atoms with Gasteiger partial charge in [0.05, 0.1) is 76.5 Å². The van der Waals surface area contributed by atoms with Crippen LogP contribution in [-0.4, -0.2) is 29.1 Å². The summed E-state index contributed by atoms with van der Waals surface area (Å²) >= 11 is 14.7. The molecular formula is C34H27Cl2IN8. The molecule has 45 heavy (non-hydrogen) atoms. The van der Waals surface area contributed by atoms with Crippen molar-refractivity contribution in [1.29, 1.82) is 5.26 Å². The summed E-state index contributed by atoms with van der Waals surface area (Å²) in [5.74, 6) is 0. The van der Waals surface area contributed by atoms with E-state index in [4.69, 9.17) is 45.0 Å². The molecule has 0 bridgehead atoms. The Kier molecular flexibility index (Phi) is 11.1. The summed E-state index contributed by atoms with van der Waals surface area (Å²) in [7, 11) is 3.90. The van der Waals surface area contributed by atoms with Crippen molar-refractivity contribution in [3.8, 4) is 28.8 Å². The number of nitriles is 1. The molecule has 0 saturated carbocycles. The second-order valence-electron chi connectivity index (χ2n) is 9.88. The number of allylic oxidation sites excluding steroid dienone is 1. The maximum atomic E-state index is 7.51. The summed E-state index contributed by atoms with van der Waals surface area (Å²) in [6, 6.07) is 13.6. The summed E-state index contributed by atoms with van der Waals surface area (Å²) in [5.41, 5.74) is 8.61. The molecule has 0 aliphatic carbocycles. The molecule has 0 spiro atoms. The van der Waals surface area contributed by atoms with Crippen molar-refractivity contribution in [1.82, 2.24) is 29.1 Å². The number of hydrogen-bond donors (Lipinski definition) is 0. The zero-order valence-electron chi connectivity index (χ0n) is 24.9. The van der Waals surface area contributed by atoms with E-state index in [1.807, 2.05) is 60.6 Å². The minimum absolute atomic E-state index is 0.585. The molecule has 0 amide bonds. The average molecular weight is 745 g/mol. The van der Waals surface area contributed by atoms with E-state index in [-0.39, 0.29) is 0 Å². The fourth-order valence-electron chi connectivity index (χ4n) is 4.54. The number of nitrogens with zero attached hydrogens (tertiary/aromatic N) is 8. The first-order chi connectivity index (χ1) is 21.6. The van der Waals surface area contributed by atoms with Gasteiger partial charge in [0.2, 0.25) is 0 Å². The summed E-state index contributed by atoms with van der Waals surface area (Å²) < 4.78 is 4.94. The van der Waals surface area contributed by atoms with E-state index in [0.717, 1.165) is 64.3 Å². The molecule has 0 saturated heterocycles. The molecule has 4 heterocycles. The minimum atomic E-state index is 0.585. The van der Waals surface area contributed by atoms with E-state index in [1.54, 1.807) is 31.0 Å². The molecule has 8 nitrogen and oxygen atoms in total. The van der Waals surface area contributed by atoms with Crippen LogP contribution in [0, 0.1) is 35.3 Å². The molecule has 0 radical (unpaired) electrons. The predicted molar refractivity (Wildman–Crippen MR) is 192 cm³/mol. The Labute approximate surface area is 285 Å². The van der Waals surface area contributed by atoms with Gasteiger partial charge in [-0.25, -0.2) is 24.8 Å². The Morgan fingerprint density at radius 3 is 1.80 bits per heavy atom. The average Bonchev–Trinajstić information content (AvgIpc) is 3.65. The lowest BCUT2D eigenvalue weighted by Gasteiger charge is -2.09. The third-order valence-corrected chi connectivity index (χ3v) is 8.62. The summed E-state index contributed by atoms with van der Waals surface area (Å²) in [4.78, 5) is 20.9. The third kappa shape index (κ3) is 7.76. The number of rotatable bonds is 3. The zero-order chi connectivity index (χ0) is 32.7. The van der Waals surface area contributed by atoms with Crippen LogP contribution in [0.5, 0.6) is 0 Å². The molecule has 0 N–H and O–H groups in total. The molecule has 6 aromatic rings. The zero-order valence-corrected chi connectivity index (χ0v) is 28.6. The van der Waals surface area contributed by atoms with E-state index in [9.17, 15) is 0 Å². The number of halogens is 3. The number of aromatic nitrogens is 6. The summed E-state index contributed by atoms with van der Waals surface area (Å²) in [6.07, 6.45) is 11.4. The van der Waals surface area contributed by atoms with Gasteiger partial charge in [-0.1, -0.05) is 35.9 Å². The van der Waals surface area contributed by atoms with Crippen molar-refractivity contribution in [3.05, 3.63) is 122 Å². The summed E-state index contributed by atoms with van der Waals surface area (Å²) in [6.45, 7) is 14.1. The van der Waals surface area contributed by atoms with Gasteiger partial charge in [0, 0.05) is 39.5 Å². The second kappa shape index (κ2) is 15.0. The number of fused-ring (bicyclic) bond motifs is 2. The van der Waals surface area contributed by atoms with Crippen molar-refractivity contribution in [2.45, 2.75) is 13.8 Å². The molecule has 2 aromatic carbocycles. The number of benzene rings is 2. The van der Waals surface area contributed by atoms with Crippen LogP contribution in [0.1, 0.15) is 16.7 Å². The van der Waals surface area contributed by atoms with Gasteiger partial charge in [-0.3, -0.25) is 0 Å². The van der Waals surface area contributed by atoms with Gasteiger partial charge in [0.25, 0.3) is 0 Å². The normalized spacial score (nSPS) is 10.5. The second-order valence-corrected chi connectivity index (χ2v) is 11.9. The van der Waals surface area contributed by atoms with Crippen LogP contribution >= 0.6 is 45.8 Å². The van der Waals surface area contributed by atoms with Crippen LogP contribution in [0.15, 0.2) is 80.3 Å². The molecule has 6 rings (SSSR count). The first-order valence-electron chi connectivity index (χ1n) is 13.4. The Morgan fingerprint density at radius 1 is 0.867 bits per heavy atom. The lowest BCUT2D eigenvalue weighted by molar-refractivity contribution is 0.917. The maximum absolute atomic E-state index is 7.51. The van der Waals surface area contributed by atoms with Crippen molar-refractivity contribution in [3.63, 3.8) is 0 Å². The van der Waals surface area contributed by atoms with Crippen LogP contribution in [0.3, 0.4) is 0 Å². The molecule has 0 atom stereocenters. The monoisotopic (exact) mass is 744 g/mol. The van der Waals surface area contributed by atoms with Gasteiger partial charge >= 0.3 is 0 Å². The Bertz CT molecular complexity index is 2150. The Balaban J connectivity index is 0.000000185. The number of aryl methyl sites for hydroxylation is 4. The number of pyridine rings is 2. The number of imidazole rings is 2. The van der Waals surface area contributed by atoms with Gasteiger partial charge in [-0.15, -0.1) is 0 Å². The van der Waals surface area contributed by atoms with Gasteiger partial charge in [-0.2, -0.15) is 5.26 Å². The fraction of sp³-hybridized carbons (Fsp3) is 0.118.